The molecule has 0 saturated carbocycles. The highest BCUT2D eigenvalue weighted by Gasteiger charge is 2.49. The van der Waals surface area contributed by atoms with Gasteiger partial charge in [-0.2, -0.15) is 0 Å². The summed E-state index contributed by atoms with van der Waals surface area (Å²) >= 11 is 0. The van der Waals surface area contributed by atoms with Crippen molar-refractivity contribution in [3.63, 3.8) is 0 Å². The number of alkyl halides is 3. The lowest BCUT2D eigenvalue weighted by atomic mass is 9.92. The third-order valence-corrected chi connectivity index (χ3v) is 5.51. The summed E-state index contributed by atoms with van der Waals surface area (Å²) in [4.78, 5) is 39.0. The second-order valence-corrected chi connectivity index (χ2v) is 7.73. The number of ether oxygens (including phenoxy) is 1. The van der Waals surface area contributed by atoms with Gasteiger partial charge in [-0.15, -0.1) is 13.2 Å². The third kappa shape index (κ3) is 5.10. The number of nitrogens with zero attached hydrogens (tertiary/aromatic N) is 1. The lowest BCUT2D eigenvalue weighted by Crippen LogP contribution is -2.42. The van der Waals surface area contributed by atoms with Gasteiger partial charge in [0.15, 0.2) is 0 Å². The zero-order valence-electron chi connectivity index (χ0n) is 18.4. The van der Waals surface area contributed by atoms with Gasteiger partial charge in [-0.25, -0.2) is 4.79 Å². The standard InChI is InChI=1S/C23H24F3N3O4/c1-4-14-7-6-8-15(5-2)19(14)27-18(30)13-29-20(31)22(3,28-21(29)32)16-9-11-17(12-10-16)33-23(24,25)26/h6-12H,4-5,13H2,1-3H3,(H,27,30)(H,28,32). The van der Waals surface area contributed by atoms with Crippen molar-refractivity contribution < 1.29 is 32.3 Å². The Hall–Kier alpha value is -3.56. The highest BCUT2D eigenvalue weighted by molar-refractivity contribution is 6.10. The molecule has 1 fully saturated rings. The molecule has 1 aliphatic heterocycles. The van der Waals surface area contributed by atoms with Crippen molar-refractivity contribution >= 4 is 23.5 Å². The van der Waals surface area contributed by atoms with Crippen molar-refractivity contribution in [2.75, 3.05) is 11.9 Å². The summed E-state index contributed by atoms with van der Waals surface area (Å²) in [7, 11) is 0. The van der Waals surface area contributed by atoms with Crippen molar-refractivity contribution in [1.29, 1.82) is 0 Å². The van der Waals surface area contributed by atoms with Gasteiger partial charge in [0.2, 0.25) is 5.91 Å². The van der Waals surface area contributed by atoms with Crippen molar-refractivity contribution in [3.8, 4) is 5.75 Å². The number of amides is 4. The van der Waals surface area contributed by atoms with E-state index in [-0.39, 0.29) is 5.56 Å². The quantitative estimate of drug-likeness (QED) is 0.605. The Bertz CT molecular complexity index is 1050. The fraction of sp³-hybridized carbons (Fsp3) is 0.348. The van der Waals surface area contributed by atoms with E-state index in [1.807, 2.05) is 32.0 Å². The second-order valence-electron chi connectivity index (χ2n) is 7.73. The van der Waals surface area contributed by atoms with Crippen molar-refractivity contribution in [3.05, 3.63) is 59.2 Å². The smallest absolute Gasteiger partial charge is 0.406 e. The number of carbonyl (C=O) groups is 3. The van der Waals surface area contributed by atoms with Crippen LogP contribution < -0.4 is 15.4 Å². The summed E-state index contributed by atoms with van der Waals surface area (Å²) in [5, 5.41) is 5.33. The van der Waals surface area contributed by atoms with Crippen LogP contribution in [0.2, 0.25) is 0 Å². The van der Waals surface area contributed by atoms with E-state index in [0.717, 1.165) is 28.2 Å². The lowest BCUT2D eigenvalue weighted by Gasteiger charge is -2.22. The molecular weight excluding hydrogens is 439 g/mol. The molecule has 1 atom stereocenters. The number of aryl methyl sites for hydroxylation is 2. The minimum Gasteiger partial charge on any atom is -0.406 e. The number of carbonyl (C=O) groups excluding carboxylic acids is 3. The topological polar surface area (TPSA) is 87.7 Å². The van der Waals surface area contributed by atoms with Crippen LogP contribution in [0.15, 0.2) is 42.5 Å². The molecule has 10 heteroatoms. The van der Waals surface area contributed by atoms with Gasteiger partial charge in [0.05, 0.1) is 0 Å². The van der Waals surface area contributed by atoms with Crippen LogP contribution in [0.5, 0.6) is 5.75 Å². The summed E-state index contributed by atoms with van der Waals surface area (Å²) < 4.78 is 41.0. The van der Waals surface area contributed by atoms with E-state index in [0.29, 0.717) is 18.5 Å². The van der Waals surface area contributed by atoms with E-state index in [1.54, 1.807) is 0 Å². The van der Waals surface area contributed by atoms with E-state index in [1.165, 1.54) is 19.1 Å². The van der Waals surface area contributed by atoms with Crippen LogP contribution >= 0.6 is 0 Å². The molecule has 2 aromatic rings. The van der Waals surface area contributed by atoms with E-state index in [2.05, 4.69) is 15.4 Å². The molecule has 4 amide bonds. The Kier molecular flexibility index (Phi) is 6.66. The number of benzene rings is 2. The number of hydrogen-bond acceptors (Lipinski definition) is 4. The fourth-order valence-electron chi connectivity index (χ4n) is 3.75. The number of para-hydroxylation sites is 1. The highest BCUT2D eigenvalue weighted by Crippen LogP contribution is 2.31. The fourth-order valence-corrected chi connectivity index (χ4v) is 3.75. The monoisotopic (exact) mass is 463 g/mol. The Morgan fingerprint density at radius 2 is 1.64 bits per heavy atom. The molecule has 0 bridgehead atoms. The van der Waals surface area contributed by atoms with Gasteiger partial charge < -0.3 is 15.4 Å². The molecule has 0 radical (unpaired) electrons. The van der Waals surface area contributed by atoms with Crippen LogP contribution in [0.3, 0.4) is 0 Å². The molecule has 1 saturated heterocycles. The second kappa shape index (κ2) is 9.13. The molecule has 0 spiro atoms. The lowest BCUT2D eigenvalue weighted by molar-refractivity contribution is -0.274. The first-order chi connectivity index (χ1) is 15.5. The number of imide groups is 1. The molecule has 33 heavy (non-hydrogen) atoms. The maximum absolute atomic E-state index is 13.0. The zero-order chi connectivity index (χ0) is 24.4. The number of halogens is 3. The van der Waals surface area contributed by atoms with Crippen LogP contribution in [0.1, 0.15) is 37.5 Å². The first kappa shape index (κ1) is 24.1. The highest BCUT2D eigenvalue weighted by atomic mass is 19.4. The molecule has 1 aliphatic rings. The predicted molar refractivity (Wildman–Crippen MR) is 115 cm³/mol. The van der Waals surface area contributed by atoms with Crippen LogP contribution in [0.25, 0.3) is 0 Å². The number of anilines is 1. The van der Waals surface area contributed by atoms with E-state index < -0.39 is 42.0 Å². The normalized spacial score (nSPS) is 18.3. The summed E-state index contributed by atoms with van der Waals surface area (Å²) in [6.07, 6.45) is -3.46. The molecule has 0 aromatic heterocycles. The maximum atomic E-state index is 13.0. The van der Waals surface area contributed by atoms with Crippen molar-refractivity contribution in [2.24, 2.45) is 0 Å². The molecular formula is C23H24F3N3O4. The van der Waals surface area contributed by atoms with Gasteiger partial charge >= 0.3 is 12.4 Å². The average molecular weight is 463 g/mol. The van der Waals surface area contributed by atoms with Crippen LogP contribution in [0, 0.1) is 0 Å². The van der Waals surface area contributed by atoms with Crippen molar-refractivity contribution in [2.45, 2.75) is 45.5 Å². The van der Waals surface area contributed by atoms with Crippen LogP contribution in [0.4, 0.5) is 23.7 Å². The van der Waals surface area contributed by atoms with Gasteiger partial charge in [-0.05, 0) is 48.6 Å². The molecule has 1 heterocycles. The molecule has 176 valence electrons. The first-order valence-electron chi connectivity index (χ1n) is 10.4. The maximum Gasteiger partial charge on any atom is 0.573 e. The SMILES string of the molecule is CCc1cccc(CC)c1NC(=O)CN1C(=O)NC(C)(c2ccc(OC(F)(F)F)cc2)C1=O. The van der Waals surface area contributed by atoms with Gasteiger partial charge in [0, 0.05) is 5.69 Å². The Labute approximate surface area is 188 Å². The van der Waals surface area contributed by atoms with Gasteiger partial charge in [-0.1, -0.05) is 44.2 Å². The summed E-state index contributed by atoms with van der Waals surface area (Å²) in [6.45, 7) is 4.83. The molecule has 3 rings (SSSR count). The first-order valence-corrected chi connectivity index (χ1v) is 10.4. The molecule has 2 N–H and O–H groups in total. The van der Waals surface area contributed by atoms with Gasteiger partial charge in [0.1, 0.15) is 17.8 Å². The number of rotatable bonds is 7. The largest absolute Gasteiger partial charge is 0.573 e. The number of hydrogen-bond donors (Lipinski definition) is 2. The van der Waals surface area contributed by atoms with E-state index in [4.69, 9.17) is 0 Å². The Balaban J connectivity index is 1.76. The minimum absolute atomic E-state index is 0.253. The third-order valence-electron chi connectivity index (χ3n) is 5.51. The van der Waals surface area contributed by atoms with Gasteiger partial charge in [0.25, 0.3) is 5.91 Å². The van der Waals surface area contributed by atoms with E-state index >= 15 is 0 Å². The number of nitrogens with one attached hydrogen (secondary N) is 2. The molecule has 0 aliphatic carbocycles. The summed E-state index contributed by atoms with van der Waals surface area (Å²) in [5.74, 6) is -1.68. The van der Waals surface area contributed by atoms with E-state index in [9.17, 15) is 27.6 Å². The predicted octanol–water partition coefficient (Wildman–Crippen LogP) is 4.12. The molecule has 1 unspecified atom stereocenters. The number of urea groups is 1. The van der Waals surface area contributed by atoms with Crippen molar-refractivity contribution in [1.82, 2.24) is 10.2 Å². The Morgan fingerprint density at radius 3 is 2.15 bits per heavy atom. The average Bonchev–Trinajstić information content (AvgIpc) is 2.97. The van der Waals surface area contributed by atoms with Crippen LogP contribution in [-0.4, -0.2) is 35.7 Å². The minimum atomic E-state index is -4.85. The summed E-state index contributed by atoms with van der Waals surface area (Å²) in [6, 6.07) is 9.54. The molecule has 7 nitrogen and oxygen atoms in total. The van der Waals surface area contributed by atoms with Gasteiger partial charge in [-0.3, -0.25) is 14.5 Å². The van der Waals surface area contributed by atoms with Crippen LogP contribution in [-0.2, 0) is 28.0 Å². The Morgan fingerprint density at radius 1 is 1.06 bits per heavy atom. The summed E-state index contributed by atoms with van der Waals surface area (Å²) in [5.41, 5.74) is 1.26. The molecule has 2 aromatic carbocycles. The zero-order valence-corrected chi connectivity index (χ0v) is 18.4.